The van der Waals surface area contributed by atoms with Gasteiger partial charge < -0.3 is 20.1 Å². The first kappa shape index (κ1) is 17.6. The van der Waals surface area contributed by atoms with Crippen LogP contribution in [0, 0.1) is 0 Å². The van der Waals surface area contributed by atoms with Crippen LogP contribution in [0.15, 0.2) is 35.5 Å². The molecule has 0 fully saturated rings. The lowest BCUT2D eigenvalue weighted by molar-refractivity contribution is -0.140. The fourth-order valence-electron chi connectivity index (χ4n) is 2.05. The van der Waals surface area contributed by atoms with Gasteiger partial charge in [0.25, 0.3) is 0 Å². The summed E-state index contributed by atoms with van der Waals surface area (Å²) in [6.07, 6.45) is -4.58. The van der Waals surface area contributed by atoms with E-state index < -0.39 is 36.1 Å². The number of hydrogen-bond acceptors (Lipinski definition) is 4. The molecule has 1 heterocycles. The Morgan fingerprint density at radius 3 is 2.67 bits per heavy atom. The Labute approximate surface area is 135 Å². The SMILES string of the molecule is CCOC(=O)C1=C(COc2ccccc2C(F)(F)F)NC(=O)NC1. The highest BCUT2D eigenvalue weighted by Crippen LogP contribution is 2.36. The normalized spacial score (nSPS) is 14.8. The first-order valence-electron chi connectivity index (χ1n) is 7.06. The molecule has 130 valence electrons. The number of ether oxygens (including phenoxy) is 2. The van der Waals surface area contributed by atoms with Crippen LogP contribution in [0.2, 0.25) is 0 Å². The van der Waals surface area contributed by atoms with E-state index in [0.29, 0.717) is 0 Å². The summed E-state index contributed by atoms with van der Waals surface area (Å²) in [5.74, 6) is -1.07. The van der Waals surface area contributed by atoms with Crippen molar-refractivity contribution < 1.29 is 32.2 Å². The lowest BCUT2D eigenvalue weighted by atomic mass is 10.1. The number of esters is 1. The fraction of sp³-hybridized carbons (Fsp3) is 0.333. The molecule has 2 amide bonds. The molecule has 0 atom stereocenters. The monoisotopic (exact) mass is 344 g/mol. The van der Waals surface area contributed by atoms with E-state index in [0.717, 1.165) is 12.1 Å². The van der Waals surface area contributed by atoms with Crippen molar-refractivity contribution in [2.75, 3.05) is 19.8 Å². The molecule has 0 saturated heterocycles. The minimum absolute atomic E-state index is 0.0641. The molecule has 1 aliphatic rings. The van der Waals surface area contributed by atoms with E-state index in [1.165, 1.54) is 12.1 Å². The zero-order valence-corrected chi connectivity index (χ0v) is 12.7. The number of nitrogens with one attached hydrogen (secondary N) is 2. The molecular formula is C15H15F3N2O4. The molecule has 9 heteroatoms. The largest absolute Gasteiger partial charge is 0.487 e. The summed E-state index contributed by atoms with van der Waals surface area (Å²) in [6.45, 7) is 1.24. The van der Waals surface area contributed by atoms with Crippen LogP contribution in [-0.4, -0.2) is 31.8 Å². The van der Waals surface area contributed by atoms with E-state index in [9.17, 15) is 22.8 Å². The van der Waals surface area contributed by atoms with Crippen molar-refractivity contribution in [1.29, 1.82) is 0 Å². The minimum atomic E-state index is -4.58. The summed E-state index contributed by atoms with van der Waals surface area (Å²) in [6, 6.07) is 4.11. The summed E-state index contributed by atoms with van der Waals surface area (Å²) in [7, 11) is 0. The molecule has 0 unspecified atom stereocenters. The number of alkyl halides is 3. The van der Waals surface area contributed by atoms with Gasteiger partial charge in [0.05, 0.1) is 30.0 Å². The van der Waals surface area contributed by atoms with Gasteiger partial charge in [-0.15, -0.1) is 0 Å². The van der Waals surface area contributed by atoms with E-state index in [1.54, 1.807) is 6.92 Å². The highest BCUT2D eigenvalue weighted by atomic mass is 19.4. The Morgan fingerprint density at radius 1 is 1.29 bits per heavy atom. The predicted octanol–water partition coefficient (Wildman–Crippen LogP) is 2.21. The van der Waals surface area contributed by atoms with Gasteiger partial charge in [-0.1, -0.05) is 12.1 Å². The van der Waals surface area contributed by atoms with Crippen molar-refractivity contribution in [3.8, 4) is 5.75 Å². The Balaban J connectivity index is 2.22. The van der Waals surface area contributed by atoms with Crippen molar-refractivity contribution in [2.45, 2.75) is 13.1 Å². The van der Waals surface area contributed by atoms with Crippen molar-refractivity contribution in [1.82, 2.24) is 10.6 Å². The van der Waals surface area contributed by atoms with Crippen LogP contribution in [0.25, 0.3) is 0 Å². The second-order valence-corrected chi connectivity index (χ2v) is 4.77. The molecule has 1 aromatic rings. The van der Waals surface area contributed by atoms with Crippen molar-refractivity contribution >= 4 is 12.0 Å². The quantitative estimate of drug-likeness (QED) is 0.803. The second kappa shape index (κ2) is 7.24. The number of halogens is 3. The molecule has 2 rings (SSSR count). The molecule has 0 saturated carbocycles. The zero-order valence-electron chi connectivity index (χ0n) is 12.7. The molecule has 0 aliphatic carbocycles. The van der Waals surface area contributed by atoms with Crippen LogP contribution in [0.1, 0.15) is 12.5 Å². The first-order valence-corrected chi connectivity index (χ1v) is 7.06. The van der Waals surface area contributed by atoms with E-state index >= 15 is 0 Å². The van der Waals surface area contributed by atoms with Crippen LogP contribution in [-0.2, 0) is 15.7 Å². The van der Waals surface area contributed by atoms with E-state index in [2.05, 4.69) is 10.6 Å². The van der Waals surface area contributed by atoms with E-state index in [4.69, 9.17) is 9.47 Å². The van der Waals surface area contributed by atoms with Crippen LogP contribution >= 0.6 is 0 Å². The maximum absolute atomic E-state index is 12.9. The third kappa shape index (κ3) is 4.18. The number of rotatable bonds is 5. The third-order valence-corrected chi connectivity index (χ3v) is 3.14. The maximum Gasteiger partial charge on any atom is 0.419 e. The Bertz CT molecular complexity index is 671. The third-order valence-electron chi connectivity index (χ3n) is 3.14. The standard InChI is InChI=1S/C15H15F3N2O4/c1-2-23-13(21)9-7-19-14(22)20-11(9)8-24-12-6-4-3-5-10(12)15(16,17)18/h3-6H,2,7-8H2,1H3,(H2,19,20,22). The maximum atomic E-state index is 12.9. The van der Waals surface area contributed by atoms with E-state index in [1.807, 2.05) is 0 Å². The van der Waals surface area contributed by atoms with E-state index in [-0.39, 0.29) is 24.4 Å². The number of benzene rings is 1. The summed E-state index contributed by atoms with van der Waals surface area (Å²) in [5.41, 5.74) is -0.779. The van der Waals surface area contributed by atoms with Gasteiger partial charge in [0.2, 0.25) is 0 Å². The van der Waals surface area contributed by atoms with Gasteiger partial charge in [0.15, 0.2) is 0 Å². The summed E-state index contributed by atoms with van der Waals surface area (Å²) >= 11 is 0. The summed E-state index contributed by atoms with van der Waals surface area (Å²) in [4.78, 5) is 23.2. The lowest BCUT2D eigenvalue weighted by Gasteiger charge is -2.22. The Kier molecular flexibility index (Phi) is 5.32. The van der Waals surface area contributed by atoms with Gasteiger partial charge >= 0.3 is 18.2 Å². The van der Waals surface area contributed by atoms with Crippen molar-refractivity contribution in [3.05, 3.63) is 41.1 Å². The Hall–Kier alpha value is -2.71. The van der Waals surface area contributed by atoms with Crippen molar-refractivity contribution in [3.63, 3.8) is 0 Å². The van der Waals surface area contributed by atoms with Gasteiger partial charge in [-0.3, -0.25) is 0 Å². The number of carbonyl (C=O) groups excluding carboxylic acids is 2. The number of carbonyl (C=O) groups is 2. The zero-order chi connectivity index (χ0) is 17.7. The average Bonchev–Trinajstić information content (AvgIpc) is 2.52. The first-order chi connectivity index (χ1) is 11.3. The summed E-state index contributed by atoms with van der Waals surface area (Å²) in [5, 5.41) is 4.75. The topological polar surface area (TPSA) is 76.7 Å². The van der Waals surface area contributed by atoms with Crippen LogP contribution in [0.3, 0.4) is 0 Å². The van der Waals surface area contributed by atoms with Gasteiger partial charge in [-0.2, -0.15) is 13.2 Å². The number of amides is 2. The molecule has 0 aromatic heterocycles. The van der Waals surface area contributed by atoms with Crippen LogP contribution in [0.5, 0.6) is 5.75 Å². The molecule has 1 aliphatic heterocycles. The molecule has 0 bridgehead atoms. The molecule has 0 spiro atoms. The van der Waals surface area contributed by atoms with Gasteiger partial charge in [0, 0.05) is 0 Å². The van der Waals surface area contributed by atoms with Crippen molar-refractivity contribution in [2.24, 2.45) is 0 Å². The highest BCUT2D eigenvalue weighted by Gasteiger charge is 2.34. The van der Waals surface area contributed by atoms with Gasteiger partial charge in [0.1, 0.15) is 12.4 Å². The molecule has 2 N–H and O–H groups in total. The molecule has 24 heavy (non-hydrogen) atoms. The van der Waals surface area contributed by atoms with Crippen LogP contribution in [0.4, 0.5) is 18.0 Å². The number of urea groups is 1. The lowest BCUT2D eigenvalue weighted by Crippen LogP contribution is -2.45. The number of hydrogen-bond donors (Lipinski definition) is 2. The molecule has 1 aromatic carbocycles. The second-order valence-electron chi connectivity index (χ2n) is 4.77. The highest BCUT2D eigenvalue weighted by molar-refractivity contribution is 5.93. The molecular weight excluding hydrogens is 329 g/mol. The molecule has 6 nitrogen and oxygen atoms in total. The smallest absolute Gasteiger partial charge is 0.419 e. The predicted molar refractivity (Wildman–Crippen MR) is 77.1 cm³/mol. The Morgan fingerprint density at radius 2 is 2.00 bits per heavy atom. The van der Waals surface area contributed by atoms with Crippen LogP contribution < -0.4 is 15.4 Å². The molecule has 0 radical (unpaired) electrons. The van der Waals surface area contributed by atoms with Gasteiger partial charge in [-0.05, 0) is 19.1 Å². The average molecular weight is 344 g/mol. The summed E-state index contributed by atoms with van der Waals surface area (Å²) < 4.78 is 48.8. The van der Waals surface area contributed by atoms with Gasteiger partial charge in [-0.25, -0.2) is 9.59 Å². The fourth-order valence-corrected chi connectivity index (χ4v) is 2.05. The minimum Gasteiger partial charge on any atom is -0.487 e. The number of para-hydroxylation sites is 1.